The van der Waals surface area contributed by atoms with Gasteiger partial charge in [0.05, 0.1) is 0 Å². The molecule has 0 bridgehead atoms. The maximum atomic E-state index is 5.81. The molecule has 2 aromatic rings. The summed E-state index contributed by atoms with van der Waals surface area (Å²) < 4.78 is 5.81. The van der Waals surface area contributed by atoms with Gasteiger partial charge in [0.25, 0.3) is 0 Å². The van der Waals surface area contributed by atoms with Crippen molar-refractivity contribution in [2.45, 2.75) is 13.3 Å². The number of nitrogens with one attached hydrogen (secondary N) is 1. The smallest absolute Gasteiger partial charge is 0.136 e. The Hall–Kier alpha value is -1.48. The van der Waals surface area contributed by atoms with Gasteiger partial charge in [0, 0.05) is 49.7 Å². The van der Waals surface area contributed by atoms with E-state index in [1.807, 2.05) is 0 Å². The highest BCUT2D eigenvalue weighted by molar-refractivity contribution is 5.81. The van der Waals surface area contributed by atoms with Crippen LogP contribution < -0.4 is 10.2 Å². The van der Waals surface area contributed by atoms with Crippen molar-refractivity contribution in [3.8, 4) is 0 Å². The topological polar surface area (TPSA) is 28.4 Å². The second-order valence-electron chi connectivity index (χ2n) is 4.53. The minimum Gasteiger partial charge on any atom is -0.461 e. The van der Waals surface area contributed by atoms with Gasteiger partial charge in [-0.25, -0.2) is 0 Å². The van der Waals surface area contributed by atoms with Crippen LogP contribution in [0, 0.1) is 0 Å². The SMILES string of the molecule is CCc1cc2ccc(N3CCNCC3)cc2o1. The first-order chi connectivity index (χ1) is 8.36. The predicted molar refractivity (Wildman–Crippen MR) is 70.7 cm³/mol. The molecule has 0 saturated carbocycles. The van der Waals surface area contributed by atoms with E-state index in [0.717, 1.165) is 43.9 Å². The maximum Gasteiger partial charge on any atom is 0.136 e. The zero-order chi connectivity index (χ0) is 11.7. The van der Waals surface area contributed by atoms with E-state index >= 15 is 0 Å². The fourth-order valence-electron chi connectivity index (χ4n) is 2.37. The molecule has 1 N–H and O–H groups in total. The lowest BCUT2D eigenvalue weighted by Crippen LogP contribution is -2.43. The Morgan fingerprint density at radius 2 is 2.06 bits per heavy atom. The Morgan fingerprint density at radius 3 is 2.82 bits per heavy atom. The average molecular weight is 230 g/mol. The Bertz CT molecular complexity index is 512. The van der Waals surface area contributed by atoms with Gasteiger partial charge in [-0.1, -0.05) is 6.92 Å². The second kappa shape index (κ2) is 4.41. The van der Waals surface area contributed by atoms with Gasteiger partial charge < -0.3 is 14.6 Å². The number of nitrogens with zero attached hydrogens (tertiary/aromatic N) is 1. The summed E-state index contributed by atoms with van der Waals surface area (Å²) in [6.45, 7) is 6.40. The lowest BCUT2D eigenvalue weighted by molar-refractivity contribution is 0.556. The molecule has 1 aromatic heterocycles. The molecular formula is C14H18N2O. The highest BCUT2D eigenvalue weighted by Crippen LogP contribution is 2.25. The normalized spacial score (nSPS) is 16.6. The Kier molecular flexibility index (Phi) is 2.77. The summed E-state index contributed by atoms with van der Waals surface area (Å²) in [5.74, 6) is 1.07. The summed E-state index contributed by atoms with van der Waals surface area (Å²) in [6, 6.07) is 8.66. The fraction of sp³-hybridized carbons (Fsp3) is 0.429. The van der Waals surface area contributed by atoms with Crippen molar-refractivity contribution in [3.05, 3.63) is 30.0 Å². The average Bonchev–Trinajstić information content (AvgIpc) is 2.81. The second-order valence-corrected chi connectivity index (χ2v) is 4.53. The van der Waals surface area contributed by atoms with Crippen LogP contribution in [0.2, 0.25) is 0 Å². The van der Waals surface area contributed by atoms with Gasteiger partial charge in [-0.2, -0.15) is 0 Å². The highest BCUT2D eigenvalue weighted by atomic mass is 16.3. The molecule has 0 atom stereocenters. The molecule has 1 fully saturated rings. The zero-order valence-electron chi connectivity index (χ0n) is 10.2. The van der Waals surface area contributed by atoms with Crippen LogP contribution in [0.15, 0.2) is 28.7 Å². The molecule has 1 aliphatic rings. The molecule has 3 nitrogen and oxygen atoms in total. The summed E-state index contributed by atoms with van der Waals surface area (Å²) in [5, 5.41) is 4.58. The van der Waals surface area contributed by atoms with E-state index in [0.29, 0.717) is 0 Å². The number of hydrogen-bond acceptors (Lipinski definition) is 3. The molecule has 0 amide bonds. The third kappa shape index (κ3) is 2.03. The molecule has 3 rings (SSSR count). The number of rotatable bonds is 2. The van der Waals surface area contributed by atoms with E-state index in [4.69, 9.17) is 4.42 Å². The van der Waals surface area contributed by atoms with Gasteiger partial charge in [0.2, 0.25) is 0 Å². The van der Waals surface area contributed by atoms with Crippen molar-refractivity contribution in [1.82, 2.24) is 5.32 Å². The Morgan fingerprint density at radius 1 is 1.24 bits per heavy atom. The van der Waals surface area contributed by atoms with Crippen LogP contribution in [-0.2, 0) is 6.42 Å². The largest absolute Gasteiger partial charge is 0.461 e. The Balaban J connectivity index is 1.94. The molecule has 1 saturated heterocycles. The third-order valence-corrected chi connectivity index (χ3v) is 3.39. The van der Waals surface area contributed by atoms with Crippen molar-refractivity contribution < 1.29 is 4.42 Å². The molecule has 1 aromatic carbocycles. The maximum absolute atomic E-state index is 5.81. The molecule has 0 unspecified atom stereocenters. The van der Waals surface area contributed by atoms with Gasteiger partial charge in [-0.15, -0.1) is 0 Å². The molecular weight excluding hydrogens is 212 g/mol. The van der Waals surface area contributed by atoms with Crippen molar-refractivity contribution >= 4 is 16.7 Å². The highest BCUT2D eigenvalue weighted by Gasteiger charge is 2.11. The van der Waals surface area contributed by atoms with Gasteiger partial charge in [-0.3, -0.25) is 0 Å². The lowest BCUT2D eigenvalue weighted by Gasteiger charge is -2.29. The minimum absolute atomic E-state index is 0.956. The molecule has 90 valence electrons. The summed E-state index contributed by atoms with van der Waals surface area (Å²) in [5.41, 5.74) is 2.29. The van der Waals surface area contributed by atoms with E-state index in [1.54, 1.807) is 0 Å². The lowest BCUT2D eigenvalue weighted by atomic mass is 10.2. The van der Waals surface area contributed by atoms with Crippen molar-refractivity contribution in [1.29, 1.82) is 0 Å². The number of aryl methyl sites for hydroxylation is 1. The number of anilines is 1. The number of piperazine rings is 1. The third-order valence-electron chi connectivity index (χ3n) is 3.39. The molecule has 3 heteroatoms. The van der Waals surface area contributed by atoms with Crippen LogP contribution in [-0.4, -0.2) is 26.2 Å². The first-order valence-electron chi connectivity index (χ1n) is 6.35. The molecule has 1 aliphatic heterocycles. The van der Waals surface area contributed by atoms with Gasteiger partial charge >= 0.3 is 0 Å². The quantitative estimate of drug-likeness (QED) is 0.858. The van der Waals surface area contributed by atoms with Crippen LogP contribution in [0.5, 0.6) is 0 Å². The standard InChI is InChI=1S/C14H18N2O/c1-2-13-9-11-3-4-12(10-14(11)17-13)16-7-5-15-6-8-16/h3-4,9-10,15H,2,5-8H2,1H3. The van der Waals surface area contributed by atoms with Gasteiger partial charge in [0.1, 0.15) is 11.3 Å². The number of benzene rings is 1. The minimum atomic E-state index is 0.956. The number of furan rings is 1. The van der Waals surface area contributed by atoms with Crippen LogP contribution in [0.25, 0.3) is 11.0 Å². The molecule has 0 aliphatic carbocycles. The van der Waals surface area contributed by atoms with Crippen LogP contribution >= 0.6 is 0 Å². The first kappa shape index (κ1) is 10.7. The van der Waals surface area contributed by atoms with Gasteiger partial charge in [-0.05, 0) is 18.2 Å². The van der Waals surface area contributed by atoms with E-state index in [9.17, 15) is 0 Å². The van der Waals surface area contributed by atoms with Crippen molar-refractivity contribution in [3.63, 3.8) is 0 Å². The molecule has 17 heavy (non-hydrogen) atoms. The first-order valence-corrected chi connectivity index (χ1v) is 6.35. The molecule has 0 radical (unpaired) electrons. The number of hydrogen-bond donors (Lipinski definition) is 1. The Labute approximate surface area is 101 Å². The summed E-state index contributed by atoms with van der Waals surface area (Å²) in [6.07, 6.45) is 0.956. The van der Waals surface area contributed by atoms with Crippen LogP contribution in [0.4, 0.5) is 5.69 Å². The van der Waals surface area contributed by atoms with Crippen molar-refractivity contribution in [2.75, 3.05) is 31.1 Å². The monoisotopic (exact) mass is 230 g/mol. The van der Waals surface area contributed by atoms with E-state index in [2.05, 4.69) is 41.4 Å². The van der Waals surface area contributed by atoms with Gasteiger partial charge in [0.15, 0.2) is 0 Å². The fourth-order valence-corrected chi connectivity index (χ4v) is 2.37. The predicted octanol–water partition coefficient (Wildman–Crippen LogP) is 2.40. The number of fused-ring (bicyclic) bond motifs is 1. The zero-order valence-corrected chi connectivity index (χ0v) is 10.2. The van der Waals surface area contributed by atoms with Crippen LogP contribution in [0.3, 0.4) is 0 Å². The summed E-state index contributed by atoms with van der Waals surface area (Å²) in [4.78, 5) is 2.41. The van der Waals surface area contributed by atoms with E-state index < -0.39 is 0 Å². The van der Waals surface area contributed by atoms with E-state index in [1.165, 1.54) is 11.1 Å². The summed E-state index contributed by atoms with van der Waals surface area (Å²) in [7, 11) is 0. The molecule has 0 spiro atoms. The van der Waals surface area contributed by atoms with Crippen molar-refractivity contribution in [2.24, 2.45) is 0 Å². The van der Waals surface area contributed by atoms with E-state index in [-0.39, 0.29) is 0 Å². The molecule has 2 heterocycles. The summed E-state index contributed by atoms with van der Waals surface area (Å²) >= 11 is 0. The van der Waals surface area contributed by atoms with Crippen LogP contribution in [0.1, 0.15) is 12.7 Å².